The third-order valence-corrected chi connectivity index (χ3v) is 1.41. The maximum Gasteiger partial charge on any atom is 0.101 e. The average molecular weight is 147 g/mol. The van der Waals surface area contributed by atoms with Gasteiger partial charge >= 0.3 is 0 Å². The van der Waals surface area contributed by atoms with Crippen molar-refractivity contribution in [3.8, 4) is 0 Å². The van der Waals surface area contributed by atoms with E-state index in [4.69, 9.17) is 10.0 Å². The van der Waals surface area contributed by atoms with Gasteiger partial charge in [0.05, 0.1) is 12.6 Å². The second kappa shape index (κ2) is 3.85. The number of nitrogens with one attached hydrogen (secondary N) is 3. The van der Waals surface area contributed by atoms with Crippen molar-refractivity contribution < 1.29 is 10.0 Å². The van der Waals surface area contributed by atoms with Gasteiger partial charge in [0.15, 0.2) is 0 Å². The second-order valence-corrected chi connectivity index (χ2v) is 2.28. The Bertz CT molecular complexity index is 101. The van der Waals surface area contributed by atoms with Gasteiger partial charge in [-0.15, -0.1) is 0 Å². The molecule has 5 heteroatoms. The number of aliphatic hydroxyl groups is 1. The van der Waals surface area contributed by atoms with Crippen molar-refractivity contribution >= 4 is 0 Å². The number of rotatable bonds is 3. The predicted molar refractivity (Wildman–Crippen MR) is 35.7 cm³/mol. The number of hydroxylamine groups is 2. The molecule has 5 nitrogen and oxygen atoms in total. The molecule has 1 heterocycles. The van der Waals surface area contributed by atoms with Crippen molar-refractivity contribution in [2.75, 3.05) is 13.2 Å². The highest BCUT2D eigenvalue weighted by Crippen LogP contribution is 1.94. The molecule has 2 atom stereocenters. The van der Waals surface area contributed by atoms with E-state index in [0.717, 1.165) is 0 Å². The van der Waals surface area contributed by atoms with E-state index < -0.39 is 0 Å². The molecule has 1 aliphatic heterocycles. The maximum atomic E-state index is 8.46. The van der Waals surface area contributed by atoms with Crippen LogP contribution in [-0.2, 0) is 4.94 Å². The lowest BCUT2D eigenvalue weighted by molar-refractivity contribution is 0.00744. The van der Waals surface area contributed by atoms with E-state index in [9.17, 15) is 0 Å². The lowest BCUT2D eigenvalue weighted by Gasteiger charge is -2.12. The minimum Gasteiger partial charge on any atom is -0.395 e. The van der Waals surface area contributed by atoms with Gasteiger partial charge in [-0.3, -0.25) is 5.32 Å². The first-order valence-electron chi connectivity index (χ1n) is 3.35. The van der Waals surface area contributed by atoms with Gasteiger partial charge in [0.1, 0.15) is 6.17 Å². The highest BCUT2D eigenvalue weighted by Gasteiger charge is 2.22. The zero-order valence-corrected chi connectivity index (χ0v) is 5.92. The van der Waals surface area contributed by atoms with Crippen molar-refractivity contribution in [2.24, 2.45) is 0 Å². The lowest BCUT2D eigenvalue weighted by Crippen LogP contribution is -2.45. The Morgan fingerprint density at radius 3 is 2.90 bits per heavy atom. The van der Waals surface area contributed by atoms with Crippen LogP contribution in [0, 0.1) is 0 Å². The van der Waals surface area contributed by atoms with Crippen LogP contribution in [0.25, 0.3) is 0 Å². The molecule has 1 saturated heterocycles. The van der Waals surface area contributed by atoms with Gasteiger partial charge in [0.2, 0.25) is 0 Å². The Balaban J connectivity index is 2.14. The van der Waals surface area contributed by atoms with Gasteiger partial charge in [-0.2, -0.15) is 11.0 Å². The molecule has 2 unspecified atom stereocenters. The molecule has 0 aromatic heterocycles. The van der Waals surface area contributed by atoms with Crippen molar-refractivity contribution in [3.05, 3.63) is 0 Å². The molecule has 0 bridgehead atoms. The standard InChI is InChI=1S/C5H13N3O2/c1-4-5(6-2-3-9)8-10-7-4/h4-9H,2-3H2,1H3. The van der Waals surface area contributed by atoms with Crippen molar-refractivity contribution in [3.63, 3.8) is 0 Å². The van der Waals surface area contributed by atoms with Crippen molar-refractivity contribution in [1.29, 1.82) is 0 Å². The maximum absolute atomic E-state index is 8.46. The van der Waals surface area contributed by atoms with Gasteiger partial charge < -0.3 is 5.11 Å². The second-order valence-electron chi connectivity index (χ2n) is 2.28. The first kappa shape index (κ1) is 7.90. The summed E-state index contributed by atoms with van der Waals surface area (Å²) in [7, 11) is 0. The van der Waals surface area contributed by atoms with E-state index in [-0.39, 0.29) is 18.8 Å². The quantitative estimate of drug-likeness (QED) is 0.384. The Morgan fingerprint density at radius 2 is 2.40 bits per heavy atom. The summed E-state index contributed by atoms with van der Waals surface area (Å²) < 4.78 is 0. The minimum absolute atomic E-state index is 0.0900. The summed E-state index contributed by atoms with van der Waals surface area (Å²) in [6, 6.07) is 0.228. The molecule has 4 N–H and O–H groups in total. The fourth-order valence-corrected chi connectivity index (χ4v) is 0.799. The Kier molecular flexibility index (Phi) is 3.04. The summed E-state index contributed by atoms with van der Waals surface area (Å²) in [4.78, 5) is 4.72. The molecule has 0 radical (unpaired) electrons. The van der Waals surface area contributed by atoms with Crippen LogP contribution in [0.1, 0.15) is 6.92 Å². The minimum atomic E-state index is 0.0900. The molecule has 0 aromatic rings. The molecule has 10 heavy (non-hydrogen) atoms. The third-order valence-electron chi connectivity index (χ3n) is 1.41. The van der Waals surface area contributed by atoms with E-state index in [2.05, 4.69) is 16.3 Å². The van der Waals surface area contributed by atoms with Crippen LogP contribution >= 0.6 is 0 Å². The van der Waals surface area contributed by atoms with Crippen molar-refractivity contribution in [1.82, 2.24) is 16.3 Å². The fourth-order valence-electron chi connectivity index (χ4n) is 0.799. The van der Waals surface area contributed by atoms with E-state index in [1.807, 2.05) is 6.92 Å². The van der Waals surface area contributed by atoms with Gasteiger partial charge in [0, 0.05) is 6.54 Å². The first-order chi connectivity index (χ1) is 4.84. The molecule has 1 aliphatic rings. The molecular weight excluding hydrogens is 134 g/mol. The molecule has 1 rings (SSSR count). The first-order valence-corrected chi connectivity index (χ1v) is 3.35. The summed E-state index contributed by atoms with van der Waals surface area (Å²) in [6.45, 7) is 2.70. The van der Waals surface area contributed by atoms with Crippen LogP contribution in [-0.4, -0.2) is 30.5 Å². The summed E-state index contributed by atoms with van der Waals surface area (Å²) >= 11 is 0. The zero-order valence-electron chi connectivity index (χ0n) is 5.92. The molecular formula is C5H13N3O2. The van der Waals surface area contributed by atoms with Crippen LogP contribution in [0.4, 0.5) is 0 Å². The number of hydrogen-bond acceptors (Lipinski definition) is 5. The molecule has 0 aliphatic carbocycles. The molecule has 0 saturated carbocycles. The van der Waals surface area contributed by atoms with Gasteiger partial charge in [0.25, 0.3) is 0 Å². The Hall–Kier alpha value is -0.200. The zero-order chi connectivity index (χ0) is 7.40. The lowest BCUT2D eigenvalue weighted by atomic mass is 10.3. The topological polar surface area (TPSA) is 65.5 Å². The number of hydrogen-bond donors (Lipinski definition) is 4. The van der Waals surface area contributed by atoms with Crippen LogP contribution in [0.2, 0.25) is 0 Å². The van der Waals surface area contributed by atoms with Crippen LogP contribution in [0.15, 0.2) is 0 Å². The summed E-state index contributed by atoms with van der Waals surface area (Å²) in [5.74, 6) is 0. The van der Waals surface area contributed by atoms with E-state index in [0.29, 0.717) is 6.54 Å². The van der Waals surface area contributed by atoms with E-state index >= 15 is 0 Å². The Morgan fingerprint density at radius 1 is 1.60 bits per heavy atom. The number of aliphatic hydroxyl groups excluding tert-OH is 1. The summed E-state index contributed by atoms with van der Waals surface area (Å²) in [5, 5.41) is 11.5. The summed E-state index contributed by atoms with van der Waals surface area (Å²) in [5.41, 5.74) is 5.43. The third kappa shape index (κ3) is 1.89. The molecule has 60 valence electrons. The molecule has 0 spiro atoms. The monoisotopic (exact) mass is 147 g/mol. The molecule has 0 aromatic carbocycles. The summed E-state index contributed by atoms with van der Waals surface area (Å²) in [6.07, 6.45) is 0.0900. The van der Waals surface area contributed by atoms with Gasteiger partial charge in [-0.05, 0) is 6.92 Å². The normalized spacial score (nSPS) is 33.0. The van der Waals surface area contributed by atoms with Gasteiger partial charge in [-0.25, -0.2) is 4.94 Å². The largest absolute Gasteiger partial charge is 0.395 e. The highest BCUT2D eigenvalue weighted by molar-refractivity contribution is 4.73. The fraction of sp³-hybridized carbons (Fsp3) is 1.00. The van der Waals surface area contributed by atoms with Crippen LogP contribution in [0.5, 0.6) is 0 Å². The molecule has 0 amide bonds. The van der Waals surface area contributed by atoms with E-state index in [1.165, 1.54) is 0 Å². The van der Waals surface area contributed by atoms with E-state index in [1.54, 1.807) is 0 Å². The smallest absolute Gasteiger partial charge is 0.101 e. The highest BCUT2D eigenvalue weighted by atomic mass is 16.8. The van der Waals surface area contributed by atoms with Gasteiger partial charge in [-0.1, -0.05) is 0 Å². The van der Waals surface area contributed by atoms with Crippen molar-refractivity contribution in [2.45, 2.75) is 19.1 Å². The SMILES string of the molecule is CC1NONC1NCCO. The van der Waals surface area contributed by atoms with Crippen LogP contribution < -0.4 is 16.3 Å². The average Bonchev–Trinajstić information content (AvgIpc) is 2.31. The van der Waals surface area contributed by atoms with Crippen LogP contribution in [0.3, 0.4) is 0 Å². The molecule has 1 fully saturated rings. The Labute approximate surface area is 59.7 Å². The predicted octanol–water partition coefficient (Wildman–Crippen LogP) is -1.68.